The van der Waals surface area contributed by atoms with Crippen LogP contribution in [0.2, 0.25) is 0 Å². The molecule has 0 unspecified atom stereocenters. The Morgan fingerprint density at radius 1 is 1.17 bits per heavy atom. The summed E-state index contributed by atoms with van der Waals surface area (Å²) < 4.78 is 10.2. The Balaban J connectivity index is 2.78. The maximum Gasteiger partial charge on any atom is 0.326 e. The number of hydrogen-bond acceptors (Lipinski definition) is 5. The fourth-order valence-corrected chi connectivity index (χ4v) is 1.72. The van der Waals surface area contributed by atoms with E-state index >= 15 is 0 Å². The molecule has 8 nitrogen and oxygen atoms in total. The number of nitrogens with one attached hydrogen (secondary N) is 1. The van der Waals surface area contributed by atoms with Crippen LogP contribution in [0.4, 0.5) is 0 Å². The Hall–Kier alpha value is -3.03. The van der Waals surface area contributed by atoms with Crippen LogP contribution in [0.25, 0.3) is 6.08 Å². The molecule has 0 heterocycles. The first-order valence-electron chi connectivity index (χ1n) is 6.52. The Morgan fingerprint density at radius 3 is 2.35 bits per heavy atom. The van der Waals surface area contributed by atoms with E-state index in [-0.39, 0.29) is 0 Å². The van der Waals surface area contributed by atoms with Crippen LogP contribution in [0.5, 0.6) is 11.5 Å². The lowest BCUT2D eigenvalue weighted by Crippen LogP contribution is -2.41. The second kappa shape index (κ2) is 8.42. The van der Waals surface area contributed by atoms with Gasteiger partial charge in [-0.3, -0.25) is 9.59 Å². The van der Waals surface area contributed by atoms with Crippen molar-refractivity contribution in [2.45, 2.75) is 12.5 Å². The summed E-state index contributed by atoms with van der Waals surface area (Å²) in [7, 11) is 2.97. The first-order valence-corrected chi connectivity index (χ1v) is 6.52. The summed E-state index contributed by atoms with van der Waals surface area (Å²) in [6.45, 7) is 0. The van der Waals surface area contributed by atoms with Gasteiger partial charge in [-0.15, -0.1) is 0 Å². The van der Waals surface area contributed by atoms with Crippen LogP contribution in [-0.2, 0) is 14.4 Å². The second-order valence-corrected chi connectivity index (χ2v) is 4.45. The van der Waals surface area contributed by atoms with Gasteiger partial charge in [-0.25, -0.2) is 4.79 Å². The Bertz CT molecular complexity index is 624. The van der Waals surface area contributed by atoms with Crippen LogP contribution in [0, 0.1) is 0 Å². The molecule has 23 heavy (non-hydrogen) atoms. The molecule has 8 heteroatoms. The zero-order valence-electron chi connectivity index (χ0n) is 12.6. The third-order valence-corrected chi connectivity index (χ3v) is 2.83. The highest BCUT2D eigenvalue weighted by Gasteiger charge is 2.21. The molecule has 1 aromatic carbocycles. The topological polar surface area (TPSA) is 122 Å². The monoisotopic (exact) mass is 323 g/mol. The fraction of sp³-hybridized carbons (Fsp3) is 0.267. The molecule has 1 rings (SSSR count). The van der Waals surface area contributed by atoms with E-state index in [1.807, 2.05) is 0 Å². The molecule has 3 N–H and O–H groups in total. The number of carboxylic acid groups (broad SMARTS) is 2. The number of carbonyl (C=O) groups excluding carboxylic acids is 1. The summed E-state index contributed by atoms with van der Waals surface area (Å²) in [6, 6.07) is 3.47. The summed E-state index contributed by atoms with van der Waals surface area (Å²) in [5.74, 6) is -2.44. The predicted molar refractivity (Wildman–Crippen MR) is 80.4 cm³/mol. The van der Waals surface area contributed by atoms with E-state index in [1.165, 1.54) is 20.3 Å². The van der Waals surface area contributed by atoms with Gasteiger partial charge >= 0.3 is 11.9 Å². The number of hydrogen-bond donors (Lipinski definition) is 3. The average Bonchev–Trinajstić information content (AvgIpc) is 2.51. The molecule has 0 aliphatic heterocycles. The van der Waals surface area contributed by atoms with Crippen LogP contribution in [0.15, 0.2) is 24.3 Å². The molecule has 0 spiro atoms. The summed E-state index contributed by atoms with van der Waals surface area (Å²) in [5.41, 5.74) is 0.628. The van der Waals surface area contributed by atoms with Crippen molar-refractivity contribution in [3.8, 4) is 11.5 Å². The molecule has 0 saturated carbocycles. The summed E-state index contributed by atoms with van der Waals surface area (Å²) in [4.78, 5) is 33.1. The average molecular weight is 323 g/mol. The number of benzene rings is 1. The molecule has 1 atom stereocenters. The van der Waals surface area contributed by atoms with Crippen LogP contribution in [-0.4, -0.2) is 48.3 Å². The van der Waals surface area contributed by atoms with E-state index in [0.29, 0.717) is 17.1 Å². The molecule has 0 aliphatic carbocycles. The summed E-state index contributed by atoms with van der Waals surface area (Å²) >= 11 is 0. The van der Waals surface area contributed by atoms with Crippen molar-refractivity contribution in [1.29, 1.82) is 0 Å². The molecule has 1 amide bonds. The number of carbonyl (C=O) groups is 3. The SMILES string of the molecule is COc1ccc(/C=C/C(=O)N[C@@H](CC(=O)O)C(=O)O)cc1OC. The maximum atomic E-state index is 11.7. The zero-order valence-corrected chi connectivity index (χ0v) is 12.6. The minimum absolute atomic E-state index is 0.476. The van der Waals surface area contributed by atoms with Crippen LogP contribution in [0.1, 0.15) is 12.0 Å². The Morgan fingerprint density at radius 2 is 1.83 bits per heavy atom. The molecule has 0 saturated heterocycles. The molecule has 0 bridgehead atoms. The lowest BCUT2D eigenvalue weighted by atomic mass is 10.1. The maximum absolute atomic E-state index is 11.7. The van der Waals surface area contributed by atoms with E-state index in [2.05, 4.69) is 5.32 Å². The minimum Gasteiger partial charge on any atom is -0.493 e. The first-order chi connectivity index (χ1) is 10.9. The third kappa shape index (κ3) is 5.70. The van der Waals surface area contributed by atoms with E-state index in [0.717, 1.165) is 6.08 Å². The van der Waals surface area contributed by atoms with Crippen molar-refractivity contribution in [2.75, 3.05) is 14.2 Å². The molecule has 1 aromatic rings. The smallest absolute Gasteiger partial charge is 0.326 e. The first kappa shape index (κ1) is 18.0. The second-order valence-electron chi connectivity index (χ2n) is 4.45. The largest absolute Gasteiger partial charge is 0.493 e. The molecule has 0 aromatic heterocycles. The highest BCUT2D eigenvalue weighted by atomic mass is 16.5. The lowest BCUT2D eigenvalue weighted by molar-refractivity contribution is -0.146. The van der Waals surface area contributed by atoms with Gasteiger partial charge in [-0.05, 0) is 23.8 Å². The number of amides is 1. The van der Waals surface area contributed by atoms with Crippen molar-refractivity contribution in [3.05, 3.63) is 29.8 Å². The molecular weight excluding hydrogens is 306 g/mol. The van der Waals surface area contributed by atoms with E-state index < -0.39 is 30.3 Å². The molecule has 0 aliphatic rings. The van der Waals surface area contributed by atoms with Gasteiger partial charge in [0, 0.05) is 6.08 Å². The van der Waals surface area contributed by atoms with Crippen molar-refractivity contribution in [2.24, 2.45) is 0 Å². The van der Waals surface area contributed by atoms with Gasteiger partial charge < -0.3 is 25.0 Å². The third-order valence-electron chi connectivity index (χ3n) is 2.83. The van der Waals surface area contributed by atoms with Crippen molar-refractivity contribution < 1.29 is 34.1 Å². The lowest BCUT2D eigenvalue weighted by Gasteiger charge is -2.10. The number of carboxylic acids is 2. The van der Waals surface area contributed by atoms with Crippen molar-refractivity contribution >= 4 is 23.9 Å². The number of ether oxygens (including phenoxy) is 2. The standard InChI is InChI=1S/C15H17NO7/c1-22-11-5-3-9(7-12(11)23-2)4-6-13(17)16-10(15(20)21)8-14(18)19/h3-7,10H,8H2,1-2H3,(H,16,17)(H,18,19)(H,20,21)/b6-4+/t10-/m0/s1. The quantitative estimate of drug-likeness (QED) is 0.604. The van der Waals surface area contributed by atoms with Gasteiger partial charge in [-0.2, -0.15) is 0 Å². The van der Waals surface area contributed by atoms with Crippen molar-refractivity contribution in [1.82, 2.24) is 5.32 Å². The van der Waals surface area contributed by atoms with Gasteiger partial charge in [0.2, 0.25) is 5.91 Å². The highest BCUT2D eigenvalue weighted by Crippen LogP contribution is 2.27. The van der Waals surface area contributed by atoms with Crippen LogP contribution < -0.4 is 14.8 Å². The van der Waals surface area contributed by atoms with Gasteiger partial charge in [0.05, 0.1) is 20.6 Å². The van der Waals surface area contributed by atoms with Gasteiger partial charge in [-0.1, -0.05) is 6.07 Å². The Kier molecular flexibility index (Phi) is 6.60. The number of rotatable bonds is 8. The van der Waals surface area contributed by atoms with Gasteiger partial charge in [0.1, 0.15) is 6.04 Å². The minimum atomic E-state index is -1.49. The summed E-state index contributed by atoms with van der Waals surface area (Å²) in [6.07, 6.45) is 1.85. The molecule has 124 valence electrons. The zero-order chi connectivity index (χ0) is 17.4. The normalized spacial score (nSPS) is 11.7. The molecule has 0 fully saturated rings. The van der Waals surface area contributed by atoms with Crippen molar-refractivity contribution in [3.63, 3.8) is 0 Å². The fourth-order valence-electron chi connectivity index (χ4n) is 1.72. The van der Waals surface area contributed by atoms with Gasteiger partial charge in [0.25, 0.3) is 0 Å². The van der Waals surface area contributed by atoms with E-state index in [4.69, 9.17) is 19.7 Å². The molecular formula is C15H17NO7. The van der Waals surface area contributed by atoms with E-state index in [1.54, 1.807) is 18.2 Å². The number of methoxy groups -OCH3 is 2. The van der Waals surface area contributed by atoms with E-state index in [9.17, 15) is 14.4 Å². The highest BCUT2D eigenvalue weighted by molar-refractivity contribution is 5.95. The van der Waals surface area contributed by atoms with Gasteiger partial charge in [0.15, 0.2) is 11.5 Å². The number of aliphatic carboxylic acids is 2. The Labute approximate surface area is 132 Å². The van der Waals surface area contributed by atoms with Crippen LogP contribution >= 0.6 is 0 Å². The molecule has 0 radical (unpaired) electrons. The predicted octanol–water partition coefficient (Wildman–Crippen LogP) is 0.761. The van der Waals surface area contributed by atoms with Crippen LogP contribution in [0.3, 0.4) is 0 Å². The summed E-state index contributed by atoms with van der Waals surface area (Å²) in [5, 5.41) is 19.6.